The minimum absolute atomic E-state index is 0.246. The molecule has 0 aliphatic carbocycles. The number of rotatable bonds is 3. The van der Waals surface area contributed by atoms with E-state index in [4.69, 9.17) is 5.73 Å². The van der Waals surface area contributed by atoms with Crippen LogP contribution in [0.3, 0.4) is 0 Å². The monoisotopic (exact) mass is 213 g/mol. The zero-order chi connectivity index (χ0) is 11.6. The van der Waals surface area contributed by atoms with Crippen molar-refractivity contribution in [2.24, 2.45) is 5.73 Å². The first-order valence-corrected chi connectivity index (χ1v) is 5.57. The van der Waals surface area contributed by atoms with Gasteiger partial charge in [0.15, 0.2) is 0 Å². The van der Waals surface area contributed by atoms with Crippen molar-refractivity contribution >= 4 is 5.91 Å². The molecule has 0 spiro atoms. The molecular formula is C11H23N3O. The molecule has 0 bridgehead atoms. The molecule has 0 atom stereocenters. The predicted octanol–water partition coefficient (Wildman–Crippen LogP) is 0.276. The molecule has 4 heteroatoms. The maximum absolute atomic E-state index is 11.3. The Hall–Kier alpha value is -0.610. The van der Waals surface area contributed by atoms with Gasteiger partial charge in [0.1, 0.15) is 0 Å². The zero-order valence-electron chi connectivity index (χ0n) is 10.3. The van der Waals surface area contributed by atoms with Gasteiger partial charge in [-0.3, -0.25) is 9.69 Å². The highest BCUT2D eigenvalue weighted by atomic mass is 16.1. The summed E-state index contributed by atoms with van der Waals surface area (Å²) in [5, 5.41) is 0. The number of likely N-dealkylation sites (tertiary alicyclic amines) is 1. The Morgan fingerprint density at radius 3 is 2.27 bits per heavy atom. The predicted molar refractivity (Wildman–Crippen MR) is 61.6 cm³/mol. The number of nitrogens with two attached hydrogens (primary N) is 1. The number of likely N-dealkylation sites (N-methyl/N-ethyl adjacent to an activating group) is 1. The summed E-state index contributed by atoms with van der Waals surface area (Å²) < 4.78 is 0. The van der Waals surface area contributed by atoms with Crippen LogP contribution >= 0.6 is 0 Å². The minimum Gasteiger partial charge on any atom is -0.368 e. The zero-order valence-corrected chi connectivity index (χ0v) is 10.3. The number of amides is 1. The second kappa shape index (κ2) is 4.49. The van der Waals surface area contributed by atoms with Crippen molar-refractivity contribution in [2.75, 3.05) is 27.2 Å². The smallest absolute Gasteiger partial charge is 0.237 e. The number of carbonyl (C=O) groups excluding carboxylic acids is 1. The molecule has 1 aliphatic rings. The fourth-order valence-electron chi connectivity index (χ4n) is 2.01. The van der Waals surface area contributed by atoms with Crippen molar-refractivity contribution in [3.8, 4) is 0 Å². The van der Waals surface area contributed by atoms with Crippen LogP contribution in [0.4, 0.5) is 0 Å². The van der Waals surface area contributed by atoms with E-state index < -0.39 is 5.54 Å². The van der Waals surface area contributed by atoms with Gasteiger partial charge in [-0.15, -0.1) is 0 Å². The molecule has 1 amide bonds. The highest BCUT2D eigenvalue weighted by molar-refractivity contribution is 5.83. The SMILES string of the molecule is CN1CCC(N(C)C(C)(C)C(N)=O)CC1. The van der Waals surface area contributed by atoms with Crippen LogP contribution in [0.2, 0.25) is 0 Å². The summed E-state index contributed by atoms with van der Waals surface area (Å²) in [6, 6.07) is 0.476. The minimum atomic E-state index is -0.541. The van der Waals surface area contributed by atoms with Crippen molar-refractivity contribution in [2.45, 2.75) is 38.3 Å². The molecule has 0 unspecified atom stereocenters. The quantitative estimate of drug-likeness (QED) is 0.732. The van der Waals surface area contributed by atoms with Crippen LogP contribution in [0.25, 0.3) is 0 Å². The van der Waals surface area contributed by atoms with Gasteiger partial charge < -0.3 is 10.6 Å². The Labute approximate surface area is 92.4 Å². The van der Waals surface area contributed by atoms with Gasteiger partial charge >= 0.3 is 0 Å². The second-order valence-electron chi connectivity index (χ2n) is 5.07. The van der Waals surface area contributed by atoms with Gasteiger partial charge in [0.2, 0.25) is 5.91 Å². The molecule has 1 heterocycles. The largest absolute Gasteiger partial charge is 0.368 e. The highest BCUT2D eigenvalue weighted by Gasteiger charge is 2.35. The molecule has 4 nitrogen and oxygen atoms in total. The summed E-state index contributed by atoms with van der Waals surface area (Å²) in [6.45, 7) is 6.00. The summed E-state index contributed by atoms with van der Waals surface area (Å²) in [5.41, 5.74) is 4.87. The molecule has 0 saturated carbocycles. The lowest BCUT2D eigenvalue weighted by molar-refractivity contribution is -0.129. The van der Waals surface area contributed by atoms with E-state index in [2.05, 4.69) is 16.8 Å². The topological polar surface area (TPSA) is 49.6 Å². The summed E-state index contributed by atoms with van der Waals surface area (Å²) >= 11 is 0. The van der Waals surface area contributed by atoms with E-state index in [9.17, 15) is 4.79 Å². The van der Waals surface area contributed by atoms with Crippen LogP contribution in [-0.4, -0.2) is 54.5 Å². The molecule has 1 rings (SSSR count). The first-order chi connectivity index (χ1) is 6.85. The lowest BCUT2D eigenvalue weighted by Gasteiger charge is -2.42. The average Bonchev–Trinajstić information content (AvgIpc) is 2.17. The molecular weight excluding hydrogens is 190 g/mol. The van der Waals surface area contributed by atoms with Gasteiger partial charge in [0, 0.05) is 6.04 Å². The van der Waals surface area contributed by atoms with Crippen molar-refractivity contribution in [3.05, 3.63) is 0 Å². The van der Waals surface area contributed by atoms with E-state index >= 15 is 0 Å². The highest BCUT2D eigenvalue weighted by Crippen LogP contribution is 2.22. The van der Waals surface area contributed by atoms with Gasteiger partial charge in [0.05, 0.1) is 5.54 Å². The standard InChI is InChI=1S/C11H23N3O/c1-11(2,10(12)15)14(4)9-5-7-13(3)8-6-9/h9H,5-8H2,1-4H3,(H2,12,15). The first kappa shape index (κ1) is 12.5. The molecule has 2 N–H and O–H groups in total. The van der Waals surface area contributed by atoms with Gasteiger partial charge in [-0.2, -0.15) is 0 Å². The van der Waals surface area contributed by atoms with Crippen LogP contribution in [0.15, 0.2) is 0 Å². The molecule has 0 radical (unpaired) electrons. The second-order valence-corrected chi connectivity index (χ2v) is 5.07. The van der Waals surface area contributed by atoms with Gasteiger partial charge in [-0.05, 0) is 53.9 Å². The third kappa shape index (κ3) is 2.69. The Morgan fingerprint density at radius 2 is 1.87 bits per heavy atom. The fourth-order valence-corrected chi connectivity index (χ4v) is 2.01. The van der Waals surface area contributed by atoms with E-state index in [0.717, 1.165) is 25.9 Å². The van der Waals surface area contributed by atoms with Crippen molar-refractivity contribution in [1.29, 1.82) is 0 Å². The van der Waals surface area contributed by atoms with Crippen LogP contribution in [0, 0.1) is 0 Å². The third-order valence-corrected chi connectivity index (χ3v) is 3.72. The lowest BCUT2D eigenvalue weighted by atomic mass is 9.95. The maximum atomic E-state index is 11.3. The van der Waals surface area contributed by atoms with E-state index in [0.29, 0.717) is 6.04 Å². The van der Waals surface area contributed by atoms with Gasteiger partial charge in [-0.25, -0.2) is 0 Å². The molecule has 0 aromatic rings. The summed E-state index contributed by atoms with van der Waals surface area (Å²) in [5.74, 6) is -0.246. The van der Waals surface area contributed by atoms with Crippen LogP contribution < -0.4 is 5.73 Å². The van der Waals surface area contributed by atoms with E-state index in [1.807, 2.05) is 20.9 Å². The van der Waals surface area contributed by atoms with Gasteiger partial charge in [0.25, 0.3) is 0 Å². The summed E-state index contributed by atoms with van der Waals surface area (Å²) in [6.07, 6.45) is 2.23. The number of primary amides is 1. The van der Waals surface area contributed by atoms with Crippen molar-refractivity contribution in [3.63, 3.8) is 0 Å². The fraction of sp³-hybridized carbons (Fsp3) is 0.909. The average molecular weight is 213 g/mol. The molecule has 0 aromatic heterocycles. The van der Waals surface area contributed by atoms with Crippen LogP contribution in [0.5, 0.6) is 0 Å². The normalized spacial score (nSPS) is 20.9. The third-order valence-electron chi connectivity index (χ3n) is 3.72. The molecule has 1 saturated heterocycles. The Kier molecular flexibility index (Phi) is 3.73. The summed E-state index contributed by atoms with van der Waals surface area (Å²) in [4.78, 5) is 15.8. The number of hydrogen-bond acceptors (Lipinski definition) is 3. The lowest BCUT2D eigenvalue weighted by Crippen LogP contribution is -2.57. The molecule has 88 valence electrons. The Balaban J connectivity index is 2.60. The molecule has 1 fully saturated rings. The van der Waals surface area contributed by atoms with Crippen molar-refractivity contribution < 1.29 is 4.79 Å². The molecule has 15 heavy (non-hydrogen) atoms. The van der Waals surface area contributed by atoms with E-state index in [1.54, 1.807) is 0 Å². The van der Waals surface area contributed by atoms with E-state index in [-0.39, 0.29) is 5.91 Å². The first-order valence-electron chi connectivity index (χ1n) is 5.57. The van der Waals surface area contributed by atoms with Crippen molar-refractivity contribution in [1.82, 2.24) is 9.80 Å². The maximum Gasteiger partial charge on any atom is 0.237 e. The van der Waals surface area contributed by atoms with Crippen LogP contribution in [0.1, 0.15) is 26.7 Å². The Morgan fingerprint density at radius 1 is 1.40 bits per heavy atom. The van der Waals surface area contributed by atoms with Gasteiger partial charge in [-0.1, -0.05) is 0 Å². The van der Waals surface area contributed by atoms with Crippen LogP contribution in [-0.2, 0) is 4.79 Å². The number of piperidine rings is 1. The number of carbonyl (C=O) groups is 1. The summed E-state index contributed by atoms with van der Waals surface area (Å²) in [7, 11) is 4.14. The number of nitrogens with zero attached hydrogens (tertiary/aromatic N) is 2. The molecule has 1 aliphatic heterocycles. The number of hydrogen-bond donors (Lipinski definition) is 1. The van der Waals surface area contributed by atoms with E-state index in [1.165, 1.54) is 0 Å². The molecule has 0 aromatic carbocycles. The Bertz CT molecular complexity index is 232.